The van der Waals surface area contributed by atoms with Crippen molar-refractivity contribution in [1.29, 1.82) is 0 Å². The molecule has 0 radical (unpaired) electrons. The number of ether oxygens (including phenoxy) is 3. The van der Waals surface area contributed by atoms with Crippen molar-refractivity contribution in [3.63, 3.8) is 0 Å². The molecule has 0 aromatic heterocycles. The van der Waals surface area contributed by atoms with Gasteiger partial charge in [0, 0.05) is 44.9 Å². The number of nitrogens with one attached hydrogen (secondary N) is 2. The van der Waals surface area contributed by atoms with Crippen molar-refractivity contribution in [3.05, 3.63) is 0 Å². The van der Waals surface area contributed by atoms with Crippen molar-refractivity contribution in [1.82, 2.24) is 10.6 Å². The lowest BCUT2D eigenvalue weighted by atomic mass is 9.56. The van der Waals surface area contributed by atoms with Crippen LogP contribution in [-0.2, 0) is 14.2 Å². The first kappa shape index (κ1) is 22.9. The quantitative estimate of drug-likeness (QED) is 0.248. The highest BCUT2D eigenvalue weighted by atomic mass is 127. The maximum Gasteiger partial charge on any atom is 0.191 e. The lowest BCUT2D eigenvalue weighted by molar-refractivity contribution is -0.176. The van der Waals surface area contributed by atoms with Crippen molar-refractivity contribution in [3.8, 4) is 0 Å². The Balaban J connectivity index is 0.00000312. The monoisotopic (exact) mass is 469 g/mol. The minimum absolute atomic E-state index is 0. The van der Waals surface area contributed by atoms with Gasteiger partial charge in [0.1, 0.15) is 0 Å². The largest absolute Gasteiger partial charge is 0.379 e. The highest BCUT2D eigenvalue weighted by molar-refractivity contribution is 14.0. The third kappa shape index (κ3) is 5.68. The number of hydrogen-bond donors (Lipinski definition) is 2. The van der Waals surface area contributed by atoms with Crippen LogP contribution in [0.25, 0.3) is 0 Å². The summed E-state index contributed by atoms with van der Waals surface area (Å²) < 4.78 is 16.8. The van der Waals surface area contributed by atoms with Crippen LogP contribution in [0, 0.1) is 5.41 Å². The van der Waals surface area contributed by atoms with Crippen LogP contribution in [0.5, 0.6) is 0 Å². The van der Waals surface area contributed by atoms with Crippen molar-refractivity contribution in [2.24, 2.45) is 10.4 Å². The zero-order valence-electron chi connectivity index (χ0n) is 16.4. The predicted octanol–water partition coefficient (Wildman–Crippen LogP) is 2.56. The number of guanidine groups is 1. The summed E-state index contributed by atoms with van der Waals surface area (Å²) in [6.45, 7) is 12.7. The molecule has 1 saturated carbocycles. The molecule has 2 fully saturated rings. The van der Waals surface area contributed by atoms with Gasteiger partial charge in [-0.15, -0.1) is 24.0 Å². The molecule has 1 aliphatic heterocycles. The molecule has 1 heterocycles. The van der Waals surface area contributed by atoms with E-state index in [1.165, 1.54) is 0 Å². The lowest BCUT2D eigenvalue weighted by Gasteiger charge is -2.59. The average molecular weight is 469 g/mol. The number of methoxy groups -OCH3 is 1. The van der Waals surface area contributed by atoms with E-state index in [0.29, 0.717) is 6.04 Å². The van der Waals surface area contributed by atoms with Crippen molar-refractivity contribution < 1.29 is 14.2 Å². The maximum absolute atomic E-state index is 5.78. The fourth-order valence-corrected chi connectivity index (χ4v) is 3.36. The Morgan fingerprint density at radius 2 is 2.08 bits per heavy atom. The molecule has 3 atom stereocenters. The predicted molar refractivity (Wildman–Crippen MR) is 112 cm³/mol. The molecule has 1 aliphatic carbocycles. The topological polar surface area (TPSA) is 64.1 Å². The van der Waals surface area contributed by atoms with E-state index in [0.717, 1.165) is 58.1 Å². The highest BCUT2D eigenvalue weighted by Gasteiger charge is 2.58. The Morgan fingerprint density at radius 3 is 2.64 bits per heavy atom. The number of hydrogen-bond acceptors (Lipinski definition) is 4. The molecular formula is C18H36IN3O3. The van der Waals surface area contributed by atoms with Gasteiger partial charge in [0.25, 0.3) is 0 Å². The lowest BCUT2D eigenvalue weighted by Crippen LogP contribution is -2.69. The standard InChI is InChI=1S/C18H35N3O3.HI/c1-6-19-16(20-9-7-10-24-14-8-11-23-13-14)21-15-12-18(4,22-5)17(15,2)3;/h14-15H,6-13H2,1-5H3,(H2,19,20,21);1H. The van der Waals surface area contributed by atoms with Crippen LogP contribution in [0.3, 0.4) is 0 Å². The van der Waals surface area contributed by atoms with Crippen molar-refractivity contribution >= 4 is 29.9 Å². The normalized spacial score (nSPS) is 31.2. The SMILES string of the molecule is CCNC(=NCCCOC1CCOC1)NC1CC(C)(OC)C1(C)C.I. The van der Waals surface area contributed by atoms with E-state index < -0.39 is 0 Å². The van der Waals surface area contributed by atoms with Gasteiger partial charge >= 0.3 is 0 Å². The molecule has 3 unspecified atom stereocenters. The van der Waals surface area contributed by atoms with Crippen LogP contribution in [0.2, 0.25) is 0 Å². The molecule has 2 N–H and O–H groups in total. The number of nitrogens with zero attached hydrogens (tertiary/aromatic N) is 1. The minimum atomic E-state index is -0.0703. The van der Waals surface area contributed by atoms with Gasteiger partial charge in [-0.2, -0.15) is 0 Å². The molecule has 0 aromatic rings. The summed E-state index contributed by atoms with van der Waals surface area (Å²) >= 11 is 0. The first-order valence-corrected chi connectivity index (χ1v) is 9.22. The third-order valence-corrected chi connectivity index (χ3v) is 5.75. The van der Waals surface area contributed by atoms with Gasteiger partial charge in [0.15, 0.2) is 5.96 Å². The highest BCUT2D eigenvalue weighted by Crippen LogP contribution is 2.51. The summed E-state index contributed by atoms with van der Waals surface area (Å²) in [6.07, 6.45) is 3.22. The summed E-state index contributed by atoms with van der Waals surface area (Å²) in [5.41, 5.74) is 0.00269. The third-order valence-electron chi connectivity index (χ3n) is 5.75. The fourth-order valence-electron chi connectivity index (χ4n) is 3.36. The van der Waals surface area contributed by atoms with Gasteiger partial charge in [0.2, 0.25) is 0 Å². The Morgan fingerprint density at radius 1 is 1.32 bits per heavy atom. The molecule has 1 saturated heterocycles. The second-order valence-electron chi connectivity index (χ2n) is 7.53. The molecule has 2 rings (SSSR count). The van der Waals surface area contributed by atoms with Crippen LogP contribution in [0.4, 0.5) is 0 Å². The van der Waals surface area contributed by atoms with Gasteiger partial charge in [0.05, 0.1) is 18.3 Å². The smallest absolute Gasteiger partial charge is 0.191 e. The summed E-state index contributed by atoms with van der Waals surface area (Å²) in [5.74, 6) is 0.887. The minimum Gasteiger partial charge on any atom is -0.379 e. The second kappa shape index (κ2) is 10.3. The molecule has 0 spiro atoms. The van der Waals surface area contributed by atoms with E-state index in [4.69, 9.17) is 14.2 Å². The van der Waals surface area contributed by atoms with Crippen LogP contribution in [-0.4, -0.2) is 63.7 Å². The zero-order valence-corrected chi connectivity index (χ0v) is 18.7. The fraction of sp³-hybridized carbons (Fsp3) is 0.944. The van der Waals surface area contributed by atoms with E-state index in [2.05, 4.69) is 43.3 Å². The number of aliphatic imine (C=N–C) groups is 1. The zero-order chi connectivity index (χ0) is 17.6. The Bertz CT molecular complexity index is 428. The van der Waals surface area contributed by atoms with Crippen molar-refractivity contribution in [2.45, 2.75) is 64.7 Å². The summed E-state index contributed by atoms with van der Waals surface area (Å²) in [5, 5.41) is 6.90. The molecule has 0 amide bonds. The van der Waals surface area contributed by atoms with Crippen LogP contribution >= 0.6 is 24.0 Å². The second-order valence-corrected chi connectivity index (χ2v) is 7.53. The Hall–Kier alpha value is -0.120. The van der Waals surface area contributed by atoms with E-state index in [1.807, 2.05) is 0 Å². The average Bonchev–Trinajstić information content (AvgIpc) is 3.07. The summed E-state index contributed by atoms with van der Waals surface area (Å²) in [6, 6.07) is 0.368. The molecule has 148 valence electrons. The Labute approximate surface area is 169 Å². The van der Waals surface area contributed by atoms with Crippen LogP contribution in [0.1, 0.15) is 47.0 Å². The molecule has 0 aromatic carbocycles. The van der Waals surface area contributed by atoms with E-state index in [9.17, 15) is 0 Å². The van der Waals surface area contributed by atoms with Gasteiger partial charge in [-0.25, -0.2) is 0 Å². The number of halogens is 1. The van der Waals surface area contributed by atoms with E-state index in [1.54, 1.807) is 7.11 Å². The molecular weight excluding hydrogens is 433 g/mol. The molecule has 2 aliphatic rings. The van der Waals surface area contributed by atoms with E-state index >= 15 is 0 Å². The molecule has 25 heavy (non-hydrogen) atoms. The number of rotatable bonds is 8. The van der Waals surface area contributed by atoms with Crippen molar-refractivity contribution in [2.75, 3.05) is 40.0 Å². The van der Waals surface area contributed by atoms with Gasteiger partial charge in [-0.05, 0) is 33.1 Å². The summed E-state index contributed by atoms with van der Waals surface area (Å²) in [7, 11) is 1.80. The molecule has 7 heteroatoms. The first-order chi connectivity index (χ1) is 11.4. The molecule has 6 nitrogen and oxygen atoms in total. The Kier molecular flexibility index (Phi) is 9.42. The van der Waals surface area contributed by atoms with Gasteiger partial charge in [-0.3, -0.25) is 4.99 Å². The first-order valence-electron chi connectivity index (χ1n) is 9.22. The van der Waals surface area contributed by atoms with Crippen LogP contribution in [0.15, 0.2) is 4.99 Å². The van der Waals surface area contributed by atoms with Gasteiger partial charge in [-0.1, -0.05) is 13.8 Å². The molecule has 0 bridgehead atoms. The van der Waals surface area contributed by atoms with Gasteiger partial charge < -0.3 is 24.8 Å². The maximum atomic E-state index is 5.78. The van der Waals surface area contributed by atoms with Crippen LogP contribution < -0.4 is 10.6 Å². The summed E-state index contributed by atoms with van der Waals surface area (Å²) in [4.78, 5) is 4.68. The van der Waals surface area contributed by atoms with E-state index in [-0.39, 0.29) is 41.1 Å².